The van der Waals surface area contributed by atoms with Crippen LogP contribution in [0.15, 0.2) is 23.1 Å². The predicted octanol–water partition coefficient (Wildman–Crippen LogP) is 0.459. The van der Waals surface area contributed by atoms with Gasteiger partial charge >= 0.3 is 0 Å². The zero-order chi connectivity index (χ0) is 14.7. The van der Waals surface area contributed by atoms with Crippen molar-refractivity contribution in [3.8, 4) is 0 Å². The maximum Gasteiger partial charge on any atom is 0.235 e. The van der Waals surface area contributed by atoms with E-state index in [-0.39, 0.29) is 11.7 Å². The average molecular weight is 295 g/mol. The lowest BCUT2D eigenvalue weighted by molar-refractivity contribution is -0.129. The summed E-state index contributed by atoms with van der Waals surface area (Å²) >= 11 is 0. The first-order chi connectivity index (χ1) is 9.47. The molecule has 0 aliphatic carbocycles. The average Bonchev–Trinajstić information content (AvgIpc) is 2.42. The van der Waals surface area contributed by atoms with Crippen molar-refractivity contribution in [1.82, 2.24) is 9.80 Å². The van der Waals surface area contributed by atoms with Gasteiger partial charge in [-0.1, -0.05) is 0 Å². The molecule has 1 heterocycles. The third kappa shape index (κ3) is 3.58. The van der Waals surface area contributed by atoms with Crippen LogP contribution in [0.3, 0.4) is 0 Å². The molecule has 0 radical (unpaired) electrons. The highest BCUT2D eigenvalue weighted by Gasteiger charge is 2.21. The molecular formula is C14H21N3O2S. The molecule has 20 heavy (non-hydrogen) atoms. The van der Waals surface area contributed by atoms with Crippen LogP contribution in [0, 0.1) is 6.92 Å². The Morgan fingerprint density at radius 2 is 1.95 bits per heavy atom. The lowest BCUT2D eigenvalue weighted by Crippen LogP contribution is -2.48. The van der Waals surface area contributed by atoms with E-state index in [0.717, 1.165) is 18.7 Å². The topological polar surface area (TPSA) is 66.6 Å². The number of likely N-dealkylation sites (N-methyl/N-ethyl adjacent to an activating group) is 1. The molecule has 0 saturated carbocycles. The SMILES string of the molecule is Cc1cc(S(=O)CC(=O)N2CCN(C)CC2)ccc1N. The first kappa shape index (κ1) is 15.0. The molecular weight excluding hydrogens is 274 g/mol. The molecule has 1 aliphatic heterocycles. The maximum atomic E-state index is 12.2. The summed E-state index contributed by atoms with van der Waals surface area (Å²) in [5.41, 5.74) is 7.31. The number of aryl methyl sites for hydroxylation is 1. The third-order valence-electron chi connectivity index (χ3n) is 3.61. The number of carbonyl (C=O) groups excluding carboxylic acids is 1. The van der Waals surface area contributed by atoms with E-state index in [2.05, 4.69) is 4.90 Å². The van der Waals surface area contributed by atoms with E-state index >= 15 is 0 Å². The number of piperazine rings is 1. The second-order valence-corrected chi connectivity index (χ2v) is 6.64. The molecule has 2 rings (SSSR count). The third-order valence-corrected chi connectivity index (χ3v) is 4.90. The van der Waals surface area contributed by atoms with Gasteiger partial charge in [-0.05, 0) is 37.7 Å². The second kappa shape index (κ2) is 6.37. The molecule has 0 aromatic heterocycles. The van der Waals surface area contributed by atoms with Gasteiger partial charge in [0.2, 0.25) is 5.91 Å². The van der Waals surface area contributed by atoms with Gasteiger partial charge in [-0.3, -0.25) is 9.00 Å². The number of hydrogen-bond acceptors (Lipinski definition) is 4. The summed E-state index contributed by atoms with van der Waals surface area (Å²) in [7, 11) is 0.736. The van der Waals surface area contributed by atoms with Crippen LogP contribution in [0.25, 0.3) is 0 Å². The molecule has 1 saturated heterocycles. The number of amides is 1. The number of hydrogen-bond donors (Lipinski definition) is 1. The van der Waals surface area contributed by atoms with Gasteiger partial charge in [-0.25, -0.2) is 0 Å². The smallest absolute Gasteiger partial charge is 0.235 e. The Hall–Kier alpha value is -1.40. The van der Waals surface area contributed by atoms with Crippen LogP contribution in [0.5, 0.6) is 0 Å². The van der Waals surface area contributed by atoms with E-state index in [0.29, 0.717) is 23.7 Å². The first-order valence-corrected chi connectivity index (χ1v) is 8.00. The zero-order valence-corrected chi connectivity index (χ0v) is 12.8. The lowest BCUT2D eigenvalue weighted by Gasteiger charge is -2.32. The van der Waals surface area contributed by atoms with Crippen LogP contribution < -0.4 is 5.73 Å². The molecule has 1 amide bonds. The van der Waals surface area contributed by atoms with Gasteiger partial charge in [0.05, 0.1) is 10.8 Å². The van der Waals surface area contributed by atoms with Crippen molar-refractivity contribution in [1.29, 1.82) is 0 Å². The number of benzene rings is 1. The first-order valence-electron chi connectivity index (χ1n) is 6.68. The number of anilines is 1. The predicted molar refractivity (Wildman–Crippen MR) is 80.9 cm³/mol. The Labute approximate surface area is 122 Å². The molecule has 1 unspecified atom stereocenters. The number of nitrogens with zero attached hydrogens (tertiary/aromatic N) is 2. The Kier molecular flexibility index (Phi) is 4.77. The monoisotopic (exact) mass is 295 g/mol. The van der Waals surface area contributed by atoms with E-state index < -0.39 is 10.8 Å². The highest BCUT2D eigenvalue weighted by molar-refractivity contribution is 7.85. The van der Waals surface area contributed by atoms with E-state index in [1.165, 1.54) is 0 Å². The molecule has 1 aromatic rings. The lowest BCUT2D eigenvalue weighted by atomic mass is 10.2. The Bertz CT molecular complexity index is 525. The fourth-order valence-corrected chi connectivity index (χ4v) is 3.23. The van der Waals surface area contributed by atoms with Crippen LogP contribution in [-0.4, -0.2) is 58.9 Å². The Balaban J connectivity index is 1.97. The van der Waals surface area contributed by atoms with E-state index in [4.69, 9.17) is 5.73 Å². The minimum atomic E-state index is -1.30. The van der Waals surface area contributed by atoms with Gasteiger partial charge in [0.15, 0.2) is 0 Å². The summed E-state index contributed by atoms with van der Waals surface area (Å²) in [5, 5.41) is 0. The van der Waals surface area contributed by atoms with Crippen molar-refractivity contribution in [3.05, 3.63) is 23.8 Å². The van der Waals surface area contributed by atoms with Crippen LogP contribution in [0.4, 0.5) is 5.69 Å². The number of nitrogen functional groups attached to an aromatic ring is 1. The van der Waals surface area contributed by atoms with Gasteiger partial charge in [-0.2, -0.15) is 0 Å². The molecule has 0 spiro atoms. The summed E-state index contributed by atoms with van der Waals surface area (Å²) in [6.45, 7) is 5.05. The van der Waals surface area contributed by atoms with Crippen molar-refractivity contribution in [2.75, 3.05) is 44.7 Å². The van der Waals surface area contributed by atoms with Gasteiger partial charge in [0, 0.05) is 36.8 Å². The van der Waals surface area contributed by atoms with E-state index in [9.17, 15) is 9.00 Å². The highest BCUT2D eigenvalue weighted by atomic mass is 32.2. The molecule has 110 valence electrons. The van der Waals surface area contributed by atoms with Crippen LogP contribution >= 0.6 is 0 Å². The summed E-state index contributed by atoms with van der Waals surface area (Å²) in [5.74, 6) is 0.0125. The van der Waals surface area contributed by atoms with Crippen molar-refractivity contribution >= 4 is 22.4 Å². The highest BCUT2D eigenvalue weighted by Crippen LogP contribution is 2.16. The van der Waals surface area contributed by atoms with Crippen LogP contribution in [0.1, 0.15) is 5.56 Å². The van der Waals surface area contributed by atoms with Crippen molar-refractivity contribution in [2.24, 2.45) is 0 Å². The summed E-state index contributed by atoms with van der Waals surface area (Å²) < 4.78 is 12.2. The summed E-state index contributed by atoms with van der Waals surface area (Å²) in [6.07, 6.45) is 0. The largest absolute Gasteiger partial charge is 0.399 e. The number of nitrogens with two attached hydrogens (primary N) is 1. The van der Waals surface area contributed by atoms with Crippen molar-refractivity contribution in [3.63, 3.8) is 0 Å². The zero-order valence-electron chi connectivity index (χ0n) is 12.0. The number of rotatable bonds is 3. The van der Waals surface area contributed by atoms with Crippen molar-refractivity contribution in [2.45, 2.75) is 11.8 Å². The quantitative estimate of drug-likeness (QED) is 0.823. The van der Waals surface area contributed by atoms with Gasteiger partial charge in [0.25, 0.3) is 0 Å². The molecule has 2 N–H and O–H groups in total. The molecule has 1 aliphatic rings. The minimum absolute atomic E-state index is 0.0362. The fourth-order valence-electron chi connectivity index (χ4n) is 2.13. The Morgan fingerprint density at radius 3 is 2.55 bits per heavy atom. The van der Waals surface area contributed by atoms with Crippen LogP contribution in [-0.2, 0) is 15.6 Å². The minimum Gasteiger partial charge on any atom is -0.399 e. The number of carbonyl (C=O) groups is 1. The van der Waals surface area contributed by atoms with Crippen molar-refractivity contribution < 1.29 is 9.00 Å². The Morgan fingerprint density at radius 1 is 1.30 bits per heavy atom. The molecule has 6 heteroatoms. The fraction of sp³-hybridized carbons (Fsp3) is 0.500. The standard InChI is InChI=1S/C14H21N3O2S/c1-11-9-12(3-4-13(11)15)20(19)10-14(18)17-7-5-16(2)6-8-17/h3-4,9H,5-8,10,15H2,1-2H3. The van der Waals surface area contributed by atoms with E-state index in [1.54, 1.807) is 23.1 Å². The molecule has 1 aromatic carbocycles. The molecule has 1 fully saturated rings. The normalized spacial score (nSPS) is 18.0. The van der Waals surface area contributed by atoms with Gasteiger partial charge in [-0.15, -0.1) is 0 Å². The van der Waals surface area contributed by atoms with Gasteiger partial charge in [0.1, 0.15) is 5.75 Å². The van der Waals surface area contributed by atoms with Crippen LogP contribution in [0.2, 0.25) is 0 Å². The molecule has 5 nitrogen and oxygen atoms in total. The second-order valence-electron chi connectivity index (χ2n) is 5.19. The summed E-state index contributed by atoms with van der Waals surface area (Å²) in [6, 6.07) is 5.27. The molecule has 1 atom stereocenters. The van der Waals surface area contributed by atoms with Gasteiger partial charge < -0.3 is 15.5 Å². The van der Waals surface area contributed by atoms with E-state index in [1.807, 2.05) is 14.0 Å². The summed E-state index contributed by atoms with van der Waals surface area (Å²) in [4.78, 5) is 16.8. The maximum absolute atomic E-state index is 12.2. The molecule has 0 bridgehead atoms.